The Bertz CT molecular complexity index is 275. The summed E-state index contributed by atoms with van der Waals surface area (Å²) in [6.07, 6.45) is 0.933. The lowest BCUT2D eigenvalue weighted by Crippen LogP contribution is -2.38. The average Bonchev–Trinajstić information content (AvgIpc) is 2.29. The smallest absolute Gasteiger partial charge is 0.216 e. The highest BCUT2D eigenvalue weighted by molar-refractivity contribution is 7.89. The molecule has 1 fully saturated rings. The van der Waals surface area contributed by atoms with E-state index in [2.05, 4.69) is 4.90 Å². The van der Waals surface area contributed by atoms with Gasteiger partial charge in [-0.05, 0) is 33.9 Å². The minimum atomic E-state index is -3.04. The fourth-order valence-electron chi connectivity index (χ4n) is 1.58. The molecule has 0 N–H and O–H groups in total. The second-order valence-corrected chi connectivity index (χ2v) is 6.64. The van der Waals surface area contributed by atoms with Gasteiger partial charge in [0.25, 0.3) is 0 Å². The van der Waals surface area contributed by atoms with E-state index >= 15 is 0 Å². The lowest BCUT2D eigenvalue weighted by Gasteiger charge is -2.22. The third-order valence-electron chi connectivity index (χ3n) is 2.63. The zero-order valence-corrected chi connectivity index (χ0v) is 10.0. The molecule has 0 saturated carbocycles. The molecular formula is C9H20N2O2S. The first-order valence-corrected chi connectivity index (χ1v) is 6.62. The van der Waals surface area contributed by atoms with Crippen molar-refractivity contribution in [1.29, 1.82) is 0 Å². The minimum absolute atomic E-state index is 0.300. The molecule has 1 aliphatic heterocycles. The summed E-state index contributed by atoms with van der Waals surface area (Å²) in [5.74, 6) is 0. The summed E-state index contributed by atoms with van der Waals surface area (Å²) < 4.78 is 25.3. The predicted octanol–water partition coefficient (Wildman–Crippen LogP) is 0.362. The van der Waals surface area contributed by atoms with Crippen molar-refractivity contribution in [3.63, 3.8) is 0 Å². The molecule has 0 unspecified atom stereocenters. The van der Waals surface area contributed by atoms with Crippen LogP contribution in [0, 0.1) is 0 Å². The number of rotatable bonds is 2. The van der Waals surface area contributed by atoms with E-state index in [1.165, 1.54) is 0 Å². The Kier molecular flexibility index (Phi) is 3.92. The first-order valence-electron chi connectivity index (χ1n) is 5.12. The van der Waals surface area contributed by atoms with Crippen molar-refractivity contribution in [2.75, 3.05) is 33.2 Å². The molecule has 5 heteroatoms. The number of sulfonamides is 1. The van der Waals surface area contributed by atoms with E-state index in [0.29, 0.717) is 13.1 Å². The Morgan fingerprint density at radius 2 is 1.71 bits per heavy atom. The quantitative estimate of drug-likeness (QED) is 0.675. The van der Waals surface area contributed by atoms with Crippen molar-refractivity contribution >= 4 is 10.0 Å². The van der Waals surface area contributed by atoms with Gasteiger partial charge in [0.05, 0.1) is 5.25 Å². The topological polar surface area (TPSA) is 40.6 Å². The maximum Gasteiger partial charge on any atom is 0.216 e. The van der Waals surface area contributed by atoms with Crippen LogP contribution in [0.3, 0.4) is 0 Å². The van der Waals surface area contributed by atoms with Gasteiger partial charge in [0.1, 0.15) is 0 Å². The summed E-state index contributed by atoms with van der Waals surface area (Å²) in [4.78, 5) is 2.18. The fourth-order valence-corrected chi connectivity index (χ4v) is 2.89. The second kappa shape index (κ2) is 4.59. The van der Waals surface area contributed by atoms with Gasteiger partial charge >= 0.3 is 0 Å². The van der Waals surface area contributed by atoms with Gasteiger partial charge in [0.2, 0.25) is 10.0 Å². The van der Waals surface area contributed by atoms with Gasteiger partial charge in [-0.2, -0.15) is 0 Å². The van der Waals surface area contributed by atoms with Crippen LogP contribution in [-0.4, -0.2) is 56.1 Å². The maximum atomic E-state index is 11.9. The molecule has 0 radical (unpaired) electrons. The van der Waals surface area contributed by atoms with Crippen LogP contribution < -0.4 is 0 Å². The van der Waals surface area contributed by atoms with Crippen LogP contribution in [0.25, 0.3) is 0 Å². The zero-order chi connectivity index (χ0) is 10.8. The summed E-state index contributed by atoms with van der Waals surface area (Å²) in [6.45, 7) is 6.62. The van der Waals surface area contributed by atoms with Crippen molar-refractivity contribution in [2.24, 2.45) is 0 Å². The van der Waals surface area contributed by atoms with E-state index in [9.17, 15) is 8.42 Å². The van der Waals surface area contributed by atoms with Gasteiger partial charge in [-0.1, -0.05) is 0 Å². The Balaban J connectivity index is 2.69. The minimum Gasteiger partial charge on any atom is -0.305 e. The largest absolute Gasteiger partial charge is 0.305 e. The summed E-state index contributed by atoms with van der Waals surface area (Å²) in [7, 11) is -1.01. The molecule has 4 nitrogen and oxygen atoms in total. The summed E-state index contributed by atoms with van der Waals surface area (Å²) in [6, 6.07) is 0. The highest BCUT2D eigenvalue weighted by atomic mass is 32.2. The van der Waals surface area contributed by atoms with Crippen LogP contribution in [0.15, 0.2) is 0 Å². The Labute approximate surface area is 86.9 Å². The lowest BCUT2D eigenvalue weighted by molar-refractivity contribution is 0.346. The third-order valence-corrected chi connectivity index (χ3v) is 4.91. The van der Waals surface area contributed by atoms with Gasteiger partial charge < -0.3 is 4.90 Å². The third kappa shape index (κ3) is 2.68. The van der Waals surface area contributed by atoms with Crippen LogP contribution in [0.5, 0.6) is 0 Å². The first-order chi connectivity index (χ1) is 6.44. The van der Waals surface area contributed by atoms with Crippen LogP contribution in [0.2, 0.25) is 0 Å². The molecule has 0 aromatic carbocycles. The molecule has 14 heavy (non-hydrogen) atoms. The number of nitrogens with zero attached hydrogens (tertiary/aromatic N) is 2. The summed E-state index contributed by atoms with van der Waals surface area (Å²) >= 11 is 0. The van der Waals surface area contributed by atoms with E-state index in [0.717, 1.165) is 19.5 Å². The molecule has 1 heterocycles. The van der Waals surface area contributed by atoms with E-state index in [1.807, 2.05) is 7.05 Å². The van der Waals surface area contributed by atoms with E-state index in [-0.39, 0.29) is 5.25 Å². The molecule has 1 rings (SSSR count). The number of likely N-dealkylation sites (N-methyl/N-ethyl adjacent to an activating group) is 1. The molecular weight excluding hydrogens is 200 g/mol. The van der Waals surface area contributed by atoms with Gasteiger partial charge in [-0.15, -0.1) is 0 Å². The van der Waals surface area contributed by atoms with E-state index in [1.54, 1.807) is 18.2 Å². The van der Waals surface area contributed by atoms with Crippen LogP contribution >= 0.6 is 0 Å². The molecule has 0 spiro atoms. The average molecular weight is 220 g/mol. The number of hydrogen-bond acceptors (Lipinski definition) is 3. The highest BCUT2D eigenvalue weighted by Crippen LogP contribution is 2.11. The molecule has 0 aliphatic carbocycles. The molecule has 0 aromatic heterocycles. The lowest BCUT2D eigenvalue weighted by atomic mass is 10.4. The SMILES string of the molecule is CC(C)S(=O)(=O)N1CCCN(C)CC1. The van der Waals surface area contributed by atoms with Crippen LogP contribution in [-0.2, 0) is 10.0 Å². The molecule has 84 valence electrons. The van der Waals surface area contributed by atoms with Crippen molar-refractivity contribution in [1.82, 2.24) is 9.21 Å². The molecule has 0 bridgehead atoms. The molecule has 0 aromatic rings. The van der Waals surface area contributed by atoms with Gasteiger partial charge in [0.15, 0.2) is 0 Å². The monoisotopic (exact) mass is 220 g/mol. The van der Waals surface area contributed by atoms with Crippen LogP contribution in [0.4, 0.5) is 0 Å². The first kappa shape index (κ1) is 11.9. The molecule has 0 amide bonds. The number of hydrogen-bond donors (Lipinski definition) is 0. The van der Waals surface area contributed by atoms with E-state index < -0.39 is 10.0 Å². The van der Waals surface area contributed by atoms with Crippen molar-refractivity contribution in [3.05, 3.63) is 0 Å². The highest BCUT2D eigenvalue weighted by Gasteiger charge is 2.26. The van der Waals surface area contributed by atoms with Crippen molar-refractivity contribution < 1.29 is 8.42 Å². The predicted molar refractivity (Wildman–Crippen MR) is 57.7 cm³/mol. The summed E-state index contributed by atoms with van der Waals surface area (Å²) in [5, 5.41) is -0.300. The van der Waals surface area contributed by atoms with Crippen molar-refractivity contribution in [2.45, 2.75) is 25.5 Å². The van der Waals surface area contributed by atoms with Gasteiger partial charge in [0, 0.05) is 19.6 Å². The molecule has 1 saturated heterocycles. The molecule has 1 aliphatic rings. The van der Waals surface area contributed by atoms with Crippen molar-refractivity contribution in [3.8, 4) is 0 Å². The zero-order valence-electron chi connectivity index (χ0n) is 9.23. The second-order valence-electron chi connectivity index (χ2n) is 4.15. The van der Waals surface area contributed by atoms with Gasteiger partial charge in [-0.25, -0.2) is 12.7 Å². The standard InChI is InChI=1S/C9H20N2O2S/c1-9(2)14(12,13)11-6-4-5-10(3)7-8-11/h9H,4-8H2,1-3H3. The summed E-state index contributed by atoms with van der Waals surface area (Å²) in [5.41, 5.74) is 0. The van der Waals surface area contributed by atoms with E-state index in [4.69, 9.17) is 0 Å². The normalized spacial score (nSPS) is 22.6. The van der Waals surface area contributed by atoms with Crippen LogP contribution in [0.1, 0.15) is 20.3 Å². The maximum absolute atomic E-state index is 11.9. The van der Waals surface area contributed by atoms with Gasteiger partial charge in [-0.3, -0.25) is 0 Å². The Morgan fingerprint density at radius 3 is 2.29 bits per heavy atom. The fraction of sp³-hybridized carbons (Fsp3) is 1.00. The Morgan fingerprint density at radius 1 is 1.07 bits per heavy atom. The molecule has 0 atom stereocenters. The Hall–Kier alpha value is -0.130.